The molecule has 3 aromatic rings. The third kappa shape index (κ3) is 3.74. The SMILES string of the molecule is C[C@@H](Sc1nc2ncccn2n1)C(=O)Nc1ccc(Cl)cc1Cl. The molecular formula is C14H11Cl2N5OS. The highest BCUT2D eigenvalue weighted by atomic mass is 35.5. The van der Waals surface area contributed by atoms with Gasteiger partial charge in [-0.1, -0.05) is 35.0 Å². The standard InChI is InChI=1S/C14H11Cl2N5OS/c1-8(12(22)18-11-4-3-9(15)7-10(11)16)23-14-19-13-17-5-2-6-21(13)20-14/h2-8H,1H3,(H,18,22)/t8-/m1/s1. The van der Waals surface area contributed by atoms with Gasteiger partial charge in [-0.25, -0.2) is 9.50 Å². The Labute approximate surface area is 146 Å². The molecule has 0 aliphatic carbocycles. The van der Waals surface area contributed by atoms with E-state index >= 15 is 0 Å². The molecule has 23 heavy (non-hydrogen) atoms. The van der Waals surface area contributed by atoms with Crippen LogP contribution in [0.1, 0.15) is 6.92 Å². The summed E-state index contributed by atoms with van der Waals surface area (Å²) in [5.74, 6) is 0.286. The van der Waals surface area contributed by atoms with Gasteiger partial charge in [0.2, 0.25) is 11.1 Å². The molecule has 1 amide bonds. The first-order valence-electron chi connectivity index (χ1n) is 6.63. The van der Waals surface area contributed by atoms with E-state index in [0.29, 0.717) is 26.7 Å². The Bertz CT molecular complexity index is 836. The fourth-order valence-electron chi connectivity index (χ4n) is 1.80. The Morgan fingerprint density at radius 3 is 2.96 bits per heavy atom. The monoisotopic (exact) mass is 367 g/mol. The van der Waals surface area contributed by atoms with Crippen molar-refractivity contribution in [1.82, 2.24) is 19.6 Å². The lowest BCUT2D eigenvalue weighted by atomic mass is 10.3. The lowest BCUT2D eigenvalue weighted by molar-refractivity contribution is -0.115. The number of carbonyl (C=O) groups is 1. The van der Waals surface area contributed by atoms with Crippen molar-refractivity contribution in [3.8, 4) is 0 Å². The molecule has 0 aliphatic heterocycles. The van der Waals surface area contributed by atoms with Crippen LogP contribution < -0.4 is 5.32 Å². The fraction of sp³-hybridized carbons (Fsp3) is 0.143. The van der Waals surface area contributed by atoms with Crippen LogP contribution in [0.25, 0.3) is 5.78 Å². The Kier molecular flexibility index (Phi) is 4.70. The topological polar surface area (TPSA) is 72.2 Å². The van der Waals surface area contributed by atoms with Gasteiger partial charge in [-0.2, -0.15) is 4.98 Å². The molecule has 0 saturated carbocycles. The van der Waals surface area contributed by atoms with Crippen LogP contribution in [0.2, 0.25) is 10.0 Å². The van der Waals surface area contributed by atoms with Crippen molar-refractivity contribution in [1.29, 1.82) is 0 Å². The van der Waals surface area contributed by atoms with Crippen LogP contribution in [0, 0.1) is 0 Å². The molecular weight excluding hydrogens is 357 g/mol. The van der Waals surface area contributed by atoms with Crippen molar-refractivity contribution >= 4 is 52.3 Å². The van der Waals surface area contributed by atoms with Gasteiger partial charge in [0.25, 0.3) is 5.78 Å². The normalized spacial score (nSPS) is 12.3. The summed E-state index contributed by atoms with van der Waals surface area (Å²) >= 11 is 13.1. The molecule has 1 N–H and O–H groups in total. The van der Waals surface area contributed by atoms with E-state index < -0.39 is 5.25 Å². The number of amides is 1. The van der Waals surface area contributed by atoms with Crippen molar-refractivity contribution < 1.29 is 4.79 Å². The van der Waals surface area contributed by atoms with E-state index in [1.54, 1.807) is 48.1 Å². The van der Waals surface area contributed by atoms with Crippen molar-refractivity contribution in [2.24, 2.45) is 0 Å². The number of hydrogen-bond donors (Lipinski definition) is 1. The van der Waals surface area contributed by atoms with Crippen molar-refractivity contribution in [2.75, 3.05) is 5.32 Å². The highest BCUT2D eigenvalue weighted by Gasteiger charge is 2.18. The highest BCUT2D eigenvalue weighted by molar-refractivity contribution is 8.00. The lowest BCUT2D eigenvalue weighted by Gasteiger charge is -2.11. The van der Waals surface area contributed by atoms with E-state index in [2.05, 4.69) is 20.4 Å². The number of aromatic nitrogens is 4. The van der Waals surface area contributed by atoms with E-state index in [9.17, 15) is 4.79 Å². The first-order valence-corrected chi connectivity index (χ1v) is 8.26. The molecule has 2 heterocycles. The first kappa shape index (κ1) is 16.0. The molecule has 6 nitrogen and oxygen atoms in total. The van der Waals surface area contributed by atoms with Crippen LogP contribution >= 0.6 is 35.0 Å². The van der Waals surface area contributed by atoms with E-state index in [-0.39, 0.29) is 5.91 Å². The molecule has 3 rings (SSSR count). The Hall–Kier alpha value is -1.83. The van der Waals surface area contributed by atoms with Gasteiger partial charge in [-0.3, -0.25) is 4.79 Å². The summed E-state index contributed by atoms with van der Waals surface area (Å²) in [7, 11) is 0. The summed E-state index contributed by atoms with van der Waals surface area (Å²) < 4.78 is 1.56. The molecule has 0 spiro atoms. The van der Waals surface area contributed by atoms with E-state index in [1.807, 2.05) is 0 Å². The summed E-state index contributed by atoms with van der Waals surface area (Å²) in [6.45, 7) is 1.77. The number of rotatable bonds is 4. The van der Waals surface area contributed by atoms with Gasteiger partial charge in [0.05, 0.1) is 16.0 Å². The average Bonchev–Trinajstić information content (AvgIpc) is 2.92. The summed E-state index contributed by atoms with van der Waals surface area (Å²) in [6, 6.07) is 6.66. The molecule has 0 radical (unpaired) electrons. The number of nitrogens with one attached hydrogen (secondary N) is 1. The van der Waals surface area contributed by atoms with Crippen molar-refractivity contribution in [3.05, 3.63) is 46.7 Å². The quantitative estimate of drug-likeness (QED) is 0.713. The minimum Gasteiger partial charge on any atom is -0.324 e. The predicted octanol–water partition coefficient (Wildman–Crippen LogP) is 3.55. The van der Waals surface area contributed by atoms with Crippen molar-refractivity contribution in [2.45, 2.75) is 17.3 Å². The van der Waals surface area contributed by atoms with Crippen LogP contribution in [-0.2, 0) is 4.79 Å². The van der Waals surface area contributed by atoms with Gasteiger partial charge in [0.15, 0.2) is 0 Å². The number of carbonyl (C=O) groups excluding carboxylic acids is 1. The van der Waals surface area contributed by atoms with Crippen LogP contribution in [0.15, 0.2) is 41.8 Å². The molecule has 9 heteroatoms. The minimum atomic E-state index is -0.404. The number of fused-ring (bicyclic) bond motifs is 1. The molecule has 118 valence electrons. The second-order valence-electron chi connectivity index (χ2n) is 4.63. The molecule has 0 fully saturated rings. The van der Waals surface area contributed by atoms with Gasteiger partial charge in [-0.05, 0) is 31.2 Å². The van der Waals surface area contributed by atoms with Gasteiger partial charge < -0.3 is 5.32 Å². The number of thioether (sulfide) groups is 1. The molecule has 1 atom stereocenters. The largest absolute Gasteiger partial charge is 0.324 e. The maximum Gasteiger partial charge on any atom is 0.253 e. The van der Waals surface area contributed by atoms with E-state index in [1.165, 1.54) is 11.8 Å². The van der Waals surface area contributed by atoms with Crippen LogP contribution in [0.3, 0.4) is 0 Å². The van der Waals surface area contributed by atoms with Gasteiger partial charge >= 0.3 is 0 Å². The minimum absolute atomic E-state index is 0.203. The predicted molar refractivity (Wildman–Crippen MR) is 91.2 cm³/mol. The molecule has 0 saturated heterocycles. The summed E-state index contributed by atoms with van der Waals surface area (Å²) in [5, 5.41) is 7.99. The number of halogens is 2. The number of benzene rings is 1. The molecule has 2 aromatic heterocycles. The maximum absolute atomic E-state index is 12.3. The summed E-state index contributed by atoms with van der Waals surface area (Å²) in [6.07, 6.45) is 3.38. The van der Waals surface area contributed by atoms with E-state index in [0.717, 1.165) is 0 Å². The maximum atomic E-state index is 12.3. The van der Waals surface area contributed by atoms with Crippen LogP contribution in [0.4, 0.5) is 5.69 Å². The van der Waals surface area contributed by atoms with Gasteiger partial charge in [0, 0.05) is 17.4 Å². The second-order valence-corrected chi connectivity index (χ2v) is 6.78. The number of anilines is 1. The molecule has 0 bridgehead atoms. The zero-order valence-corrected chi connectivity index (χ0v) is 14.2. The Morgan fingerprint density at radius 1 is 1.39 bits per heavy atom. The Morgan fingerprint density at radius 2 is 2.22 bits per heavy atom. The average molecular weight is 368 g/mol. The highest BCUT2D eigenvalue weighted by Crippen LogP contribution is 2.27. The molecule has 0 aliphatic rings. The third-order valence-electron chi connectivity index (χ3n) is 2.94. The molecule has 0 unspecified atom stereocenters. The van der Waals surface area contributed by atoms with Gasteiger partial charge in [-0.15, -0.1) is 5.10 Å². The van der Waals surface area contributed by atoms with Gasteiger partial charge in [0.1, 0.15) is 0 Å². The zero-order valence-electron chi connectivity index (χ0n) is 11.9. The lowest BCUT2D eigenvalue weighted by Crippen LogP contribution is -2.22. The summed E-state index contributed by atoms with van der Waals surface area (Å²) in [4.78, 5) is 20.6. The van der Waals surface area contributed by atoms with Crippen LogP contribution in [0.5, 0.6) is 0 Å². The van der Waals surface area contributed by atoms with Crippen LogP contribution in [-0.4, -0.2) is 30.7 Å². The fourth-order valence-corrected chi connectivity index (χ4v) is 3.01. The van der Waals surface area contributed by atoms with E-state index in [4.69, 9.17) is 23.2 Å². The zero-order chi connectivity index (χ0) is 16.4. The summed E-state index contributed by atoms with van der Waals surface area (Å²) in [5.41, 5.74) is 0.512. The second kappa shape index (κ2) is 6.74. The number of nitrogens with zero attached hydrogens (tertiary/aromatic N) is 4. The smallest absolute Gasteiger partial charge is 0.253 e. The first-order chi connectivity index (χ1) is 11.0. The van der Waals surface area contributed by atoms with Crippen molar-refractivity contribution in [3.63, 3.8) is 0 Å². The molecule has 1 aromatic carbocycles. The Balaban J connectivity index is 1.69. The third-order valence-corrected chi connectivity index (χ3v) is 4.44. The number of hydrogen-bond acceptors (Lipinski definition) is 5.